The minimum absolute atomic E-state index is 0.0176. The van der Waals surface area contributed by atoms with Gasteiger partial charge in [0.05, 0.1) is 23.3 Å². The summed E-state index contributed by atoms with van der Waals surface area (Å²) in [6.45, 7) is 3.29. The van der Waals surface area contributed by atoms with E-state index in [1.165, 1.54) is 4.31 Å². The van der Waals surface area contributed by atoms with Crippen molar-refractivity contribution in [1.82, 2.24) is 23.7 Å². The van der Waals surface area contributed by atoms with Crippen LogP contribution in [-0.2, 0) is 20.6 Å². The van der Waals surface area contributed by atoms with Crippen LogP contribution in [0.1, 0.15) is 24.4 Å². The van der Waals surface area contributed by atoms with Crippen LogP contribution >= 0.6 is 0 Å². The number of rotatable bonds is 6. The van der Waals surface area contributed by atoms with Crippen LogP contribution in [0.25, 0.3) is 11.0 Å². The van der Waals surface area contributed by atoms with E-state index in [4.69, 9.17) is 0 Å². The predicted molar refractivity (Wildman–Crippen MR) is 134 cm³/mol. The lowest BCUT2D eigenvalue weighted by molar-refractivity contribution is -0.133. The number of aromatic nitrogens is 2. The highest BCUT2D eigenvalue weighted by Crippen LogP contribution is 2.25. The van der Waals surface area contributed by atoms with Crippen molar-refractivity contribution in [1.29, 1.82) is 0 Å². The number of nitrogens with zero attached hydrogens (tertiary/aromatic N) is 4. The van der Waals surface area contributed by atoms with E-state index in [9.17, 15) is 18.0 Å². The summed E-state index contributed by atoms with van der Waals surface area (Å²) in [7, 11) is -3.41. The van der Waals surface area contributed by atoms with Gasteiger partial charge in [-0.15, -0.1) is 0 Å². The molecule has 0 atom stereocenters. The van der Waals surface area contributed by atoms with E-state index in [0.717, 1.165) is 42.5 Å². The fourth-order valence-electron chi connectivity index (χ4n) is 5.16. The Balaban J connectivity index is 1.11. The second-order valence-corrected chi connectivity index (χ2v) is 11.3. The molecule has 186 valence electrons. The second-order valence-electron chi connectivity index (χ2n) is 9.35. The summed E-state index contributed by atoms with van der Waals surface area (Å²) in [6, 6.07) is 17.0. The van der Waals surface area contributed by atoms with Crippen molar-refractivity contribution in [2.45, 2.75) is 24.6 Å². The largest absolute Gasteiger partial charge is 0.339 e. The normalized spacial score (nSPS) is 18.8. The topological polar surface area (TPSA) is 98.7 Å². The summed E-state index contributed by atoms with van der Waals surface area (Å²) in [5.41, 5.74) is 2.46. The number of piperazine rings is 1. The quantitative estimate of drug-likeness (QED) is 0.558. The third-order valence-corrected chi connectivity index (χ3v) is 8.93. The predicted octanol–water partition coefficient (Wildman–Crippen LogP) is 1.64. The number of para-hydroxylation sites is 2. The van der Waals surface area contributed by atoms with Gasteiger partial charge in [-0.25, -0.2) is 13.2 Å². The van der Waals surface area contributed by atoms with Crippen LogP contribution in [0.2, 0.25) is 0 Å². The lowest BCUT2D eigenvalue weighted by Crippen LogP contribution is -2.53. The standard InChI is InChI=1S/C25H31N5O4S/c31-24(28-14-16-29(17-15-28)35(33,34)19-20-6-2-1-3-7-20)18-27-12-10-21(11-13-27)30-23-9-5-4-8-22(23)26-25(30)32/h1-9,21H,10-19H2,(H,26,32). The fraction of sp³-hybridized carbons (Fsp3) is 0.440. The Morgan fingerprint density at radius 2 is 1.54 bits per heavy atom. The Morgan fingerprint density at radius 3 is 2.26 bits per heavy atom. The average Bonchev–Trinajstić information content (AvgIpc) is 3.20. The number of amides is 1. The SMILES string of the molecule is O=C(CN1CCC(n2c(=O)[nH]c3ccccc32)CC1)N1CCN(S(=O)(=O)Cc2ccccc2)CC1. The van der Waals surface area contributed by atoms with Crippen molar-refractivity contribution in [3.8, 4) is 0 Å². The Hall–Kier alpha value is -2.95. The Morgan fingerprint density at radius 1 is 0.886 bits per heavy atom. The number of sulfonamides is 1. The zero-order valence-corrected chi connectivity index (χ0v) is 20.5. The molecule has 0 radical (unpaired) electrons. The minimum atomic E-state index is -3.41. The Kier molecular flexibility index (Phi) is 6.77. The van der Waals surface area contributed by atoms with Crippen LogP contribution in [0.3, 0.4) is 0 Å². The molecule has 10 heteroatoms. The van der Waals surface area contributed by atoms with Crippen molar-refractivity contribution >= 4 is 27.0 Å². The lowest BCUT2D eigenvalue weighted by atomic mass is 10.0. The third-order valence-electron chi connectivity index (χ3n) is 7.08. The number of fused-ring (bicyclic) bond motifs is 1. The monoisotopic (exact) mass is 497 g/mol. The van der Waals surface area contributed by atoms with E-state index >= 15 is 0 Å². The number of carbonyl (C=O) groups excluding carboxylic acids is 1. The molecule has 0 spiro atoms. The van der Waals surface area contributed by atoms with Gasteiger partial charge in [-0.3, -0.25) is 14.3 Å². The van der Waals surface area contributed by atoms with Crippen LogP contribution in [0.5, 0.6) is 0 Å². The number of hydrogen-bond donors (Lipinski definition) is 1. The van der Waals surface area contributed by atoms with Gasteiger partial charge in [-0.05, 0) is 30.5 Å². The summed E-state index contributed by atoms with van der Waals surface area (Å²) >= 11 is 0. The summed E-state index contributed by atoms with van der Waals surface area (Å²) in [6.07, 6.45) is 1.61. The van der Waals surface area contributed by atoms with Crippen molar-refractivity contribution in [2.75, 3.05) is 45.8 Å². The first kappa shape index (κ1) is 23.8. The molecule has 9 nitrogen and oxygen atoms in total. The van der Waals surface area contributed by atoms with E-state index in [1.54, 1.807) is 4.90 Å². The molecule has 2 fully saturated rings. The number of benzene rings is 2. The van der Waals surface area contributed by atoms with Crippen LogP contribution in [0.15, 0.2) is 59.4 Å². The lowest BCUT2D eigenvalue weighted by Gasteiger charge is -2.36. The summed E-state index contributed by atoms with van der Waals surface area (Å²) in [4.78, 5) is 32.2. The van der Waals surface area contributed by atoms with Gasteiger partial charge in [0.2, 0.25) is 15.9 Å². The summed E-state index contributed by atoms with van der Waals surface area (Å²) in [5.74, 6) is 0.0174. The number of hydrogen-bond acceptors (Lipinski definition) is 5. The third kappa shape index (κ3) is 5.19. The van der Waals surface area contributed by atoms with Gasteiger partial charge in [0.15, 0.2) is 0 Å². The van der Waals surface area contributed by atoms with Crippen molar-refractivity contribution < 1.29 is 13.2 Å². The van der Waals surface area contributed by atoms with Gasteiger partial charge in [0.1, 0.15) is 0 Å². The van der Waals surface area contributed by atoms with Gasteiger partial charge >= 0.3 is 5.69 Å². The van der Waals surface area contributed by atoms with Gasteiger partial charge in [0, 0.05) is 45.3 Å². The molecule has 1 N–H and O–H groups in total. The van der Waals surface area contributed by atoms with Crippen molar-refractivity contribution in [3.63, 3.8) is 0 Å². The molecule has 0 unspecified atom stereocenters. The molecule has 0 bridgehead atoms. The number of aromatic amines is 1. The average molecular weight is 498 g/mol. The zero-order chi connectivity index (χ0) is 24.4. The van der Waals surface area contributed by atoms with Gasteiger partial charge in [0.25, 0.3) is 0 Å². The maximum absolute atomic E-state index is 12.9. The molecule has 35 heavy (non-hydrogen) atoms. The molecular formula is C25H31N5O4S. The van der Waals surface area contributed by atoms with E-state index in [1.807, 2.05) is 59.2 Å². The first-order valence-corrected chi connectivity index (χ1v) is 13.7. The van der Waals surface area contributed by atoms with Crippen LogP contribution in [0.4, 0.5) is 0 Å². The molecule has 2 aromatic carbocycles. The van der Waals surface area contributed by atoms with Gasteiger partial charge in [-0.1, -0.05) is 42.5 Å². The summed E-state index contributed by atoms with van der Waals surface area (Å²) < 4.78 is 28.9. The van der Waals surface area contributed by atoms with E-state index < -0.39 is 10.0 Å². The zero-order valence-electron chi connectivity index (χ0n) is 19.7. The number of likely N-dealkylation sites (tertiary alicyclic amines) is 1. The Bertz CT molecular complexity index is 1330. The van der Waals surface area contributed by atoms with Crippen molar-refractivity contribution in [3.05, 3.63) is 70.6 Å². The number of piperidine rings is 1. The van der Waals surface area contributed by atoms with Crippen LogP contribution in [-0.4, -0.2) is 83.8 Å². The summed E-state index contributed by atoms with van der Waals surface area (Å²) in [5, 5.41) is 0. The molecule has 1 aromatic heterocycles. The van der Waals surface area contributed by atoms with Crippen LogP contribution < -0.4 is 5.69 Å². The van der Waals surface area contributed by atoms with Crippen LogP contribution in [0, 0.1) is 0 Å². The molecule has 0 saturated carbocycles. The minimum Gasteiger partial charge on any atom is -0.339 e. The number of carbonyl (C=O) groups is 1. The molecule has 3 aromatic rings. The maximum atomic E-state index is 12.9. The van der Waals surface area contributed by atoms with E-state index in [0.29, 0.717) is 32.7 Å². The highest BCUT2D eigenvalue weighted by molar-refractivity contribution is 7.88. The van der Waals surface area contributed by atoms with Gasteiger partial charge in [-0.2, -0.15) is 4.31 Å². The Labute approximate surface area is 205 Å². The molecule has 5 rings (SSSR count). The first-order valence-electron chi connectivity index (χ1n) is 12.1. The molecule has 2 saturated heterocycles. The molecular weight excluding hydrogens is 466 g/mol. The number of imidazole rings is 1. The number of nitrogens with one attached hydrogen (secondary N) is 1. The van der Waals surface area contributed by atoms with E-state index in [-0.39, 0.29) is 23.4 Å². The van der Waals surface area contributed by atoms with Gasteiger partial charge < -0.3 is 9.88 Å². The van der Waals surface area contributed by atoms with Crippen molar-refractivity contribution in [2.24, 2.45) is 0 Å². The highest BCUT2D eigenvalue weighted by Gasteiger charge is 2.30. The molecule has 1 amide bonds. The second kappa shape index (κ2) is 9.96. The molecule has 3 heterocycles. The molecule has 2 aliphatic rings. The number of H-pyrrole nitrogens is 1. The smallest absolute Gasteiger partial charge is 0.326 e. The fourth-order valence-corrected chi connectivity index (χ4v) is 6.67. The first-order chi connectivity index (χ1) is 16.9. The maximum Gasteiger partial charge on any atom is 0.326 e. The van der Waals surface area contributed by atoms with E-state index in [2.05, 4.69) is 9.88 Å². The highest BCUT2D eigenvalue weighted by atomic mass is 32.2. The molecule has 2 aliphatic heterocycles. The molecule has 0 aliphatic carbocycles.